The Hall–Kier alpha value is -1.52. The Morgan fingerprint density at radius 1 is 1.53 bits per heavy atom. The van der Waals surface area contributed by atoms with Gasteiger partial charge in [-0.25, -0.2) is 0 Å². The van der Waals surface area contributed by atoms with E-state index in [9.17, 15) is 4.79 Å². The fourth-order valence-electron chi connectivity index (χ4n) is 2.16. The van der Waals surface area contributed by atoms with Gasteiger partial charge in [-0.2, -0.15) is 0 Å². The first-order chi connectivity index (χ1) is 9.13. The van der Waals surface area contributed by atoms with Gasteiger partial charge in [-0.05, 0) is 30.7 Å². The number of benzene rings is 1. The molecule has 1 atom stereocenters. The van der Waals surface area contributed by atoms with E-state index in [2.05, 4.69) is 10.3 Å². The summed E-state index contributed by atoms with van der Waals surface area (Å²) in [5, 5.41) is 4.67. The molecular weight excluding hydrogens is 264 g/mol. The van der Waals surface area contributed by atoms with Crippen LogP contribution in [0.5, 0.6) is 0 Å². The largest absolute Gasteiger partial charge is 0.368 e. The van der Waals surface area contributed by atoms with Gasteiger partial charge in [-0.15, -0.1) is 0 Å². The molecule has 4 nitrogen and oxygen atoms in total. The standard InChI is InChI=1S/C14H15ClN2O2/c1-8-4-12-9(6-11(8)15)5-10(17-12)7-16-14(18)13-2-3-19-13/h4-6,13,17H,2-3,7H2,1H3,(H,16,18). The van der Waals surface area contributed by atoms with Gasteiger partial charge in [0.25, 0.3) is 0 Å². The van der Waals surface area contributed by atoms with Gasteiger partial charge in [0.05, 0.1) is 13.2 Å². The van der Waals surface area contributed by atoms with Crippen molar-refractivity contribution in [2.24, 2.45) is 0 Å². The molecule has 1 aliphatic heterocycles. The monoisotopic (exact) mass is 278 g/mol. The maximum atomic E-state index is 11.7. The maximum Gasteiger partial charge on any atom is 0.249 e. The third kappa shape index (κ3) is 2.46. The van der Waals surface area contributed by atoms with Gasteiger partial charge in [0.1, 0.15) is 6.10 Å². The first kappa shape index (κ1) is 12.5. The summed E-state index contributed by atoms with van der Waals surface area (Å²) >= 11 is 6.09. The quantitative estimate of drug-likeness (QED) is 0.906. The molecule has 5 heteroatoms. The van der Waals surface area contributed by atoms with Gasteiger partial charge in [0.2, 0.25) is 5.91 Å². The first-order valence-electron chi connectivity index (χ1n) is 6.30. The van der Waals surface area contributed by atoms with Gasteiger partial charge in [0, 0.05) is 28.0 Å². The van der Waals surface area contributed by atoms with Gasteiger partial charge in [-0.3, -0.25) is 4.79 Å². The predicted octanol–water partition coefficient (Wildman–Crippen LogP) is 2.53. The minimum atomic E-state index is -0.263. The normalized spacial score (nSPS) is 18.3. The lowest BCUT2D eigenvalue weighted by Gasteiger charge is -2.24. The first-order valence-corrected chi connectivity index (χ1v) is 6.68. The number of H-pyrrole nitrogens is 1. The molecule has 19 heavy (non-hydrogen) atoms. The number of nitrogens with one attached hydrogen (secondary N) is 2. The molecule has 1 saturated heterocycles. The second-order valence-electron chi connectivity index (χ2n) is 4.85. The number of aromatic amines is 1. The molecule has 1 aromatic heterocycles. The van der Waals surface area contributed by atoms with Crippen LogP contribution in [0.3, 0.4) is 0 Å². The number of fused-ring (bicyclic) bond motifs is 1. The lowest BCUT2D eigenvalue weighted by atomic mass is 10.2. The van der Waals surface area contributed by atoms with E-state index in [0.29, 0.717) is 13.2 Å². The summed E-state index contributed by atoms with van der Waals surface area (Å²) < 4.78 is 5.13. The van der Waals surface area contributed by atoms with Gasteiger partial charge >= 0.3 is 0 Å². The van der Waals surface area contributed by atoms with E-state index in [1.165, 1.54) is 0 Å². The van der Waals surface area contributed by atoms with Crippen molar-refractivity contribution in [1.82, 2.24) is 10.3 Å². The minimum absolute atomic E-state index is 0.0425. The zero-order chi connectivity index (χ0) is 13.4. The molecule has 3 rings (SSSR count). The highest BCUT2D eigenvalue weighted by Crippen LogP contribution is 2.24. The number of hydrogen-bond acceptors (Lipinski definition) is 2. The summed E-state index contributed by atoms with van der Waals surface area (Å²) in [6.07, 6.45) is 0.550. The third-order valence-electron chi connectivity index (χ3n) is 3.40. The lowest BCUT2D eigenvalue weighted by molar-refractivity contribution is -0.145. The van der Waals surface area contributed by atoms with Crippen molar-refractivity contribution in [2.75, 3.05) is 6.61 Å². The fraction of sp³-hybridized carbons (Fsp3) is 0.357. The molecule has 1 aliphatic rings. The molecule has 1 amide bonds. The number of carbonyl (C=O) groups excluding carboxylic acids is 1. The SMILES string of the molecule is Cc1cc2[nH]c(CNC(=O)C3CCO3)cc2cc1Cl. The van der Waals surface area contributed by atoms with E-state index in [4.69, 9.17) is 16.3 Å². The number of amides is 1. The molecule has 2 N–H and O–H groups in total. The summed E-state index contributed by atoms with van der Waals surface area (Å²) in [6, 6.07) is 5.95. The zero-order valence-electron chi connectivity index (χ0n) is 10.6. The second-order valence-corrected chi connectivity index (χ2v) is 5.26. The van der Waals surface area contributed by atoms with Crippen LogP contribution in [-0.4, -0.2) is 23.6 Å². The van der Waals surface area contributed by atoms with Crippen LogP contribution in [-0.2, 0) is 16.1 Å². The average molecular weight is 279 g/mol. The van der Waals surface area contributed by atoms with Crippen LogP contribution in [0.1, 0.15) is 17.7 Å². The number of rotatable bonds is 3. The summed E-state index contributed by atoms with van der Waals surface area (Å²) in [4.78, 5) is 14.9. The van der Waals surface area contributed by atoms with E-state index in [-0.39, 0.29) is 12.0 Å². The minimum Gasteiger partial charge on any atom is -0.368 e. The third-order valence-corrected chi connectivity index (χ3v) is 3.81. The van der Waals surface area contributed by atoms with Crippen molar-refractivity contribution in [3.63, 3.8) is 0 Å². The van der Waals surface area contributed by atoms with Crippen LogP contribution in [0.15, 0.2) is 18.2 Å². The van der Waals surface area contributed by atoms with E-state index >= 15 is 0 Å². The summed E-state index contributed by atoms with van der Waals surface area (Å²) in [7, 11) is 0. The molecule has 1 aromatic carbocycles. The fourth-order valence-corrected chi connectivity index (χ4v) is 2.33. The van der Waals surface area contributed by atoms with E-state index < -0.39 is 0 Å². The molecule has 0 spiro atoms. The Morgan fingerprint density at radius 3 is 3.00 bits per heavy atom. The Morgan fingerprint density at radius 2 is 2.32 bits per heavy atom. The van der Waals surface area contributed by atoms with Crippen molar-refractivity contribution >= 4 is 28.4 Å². The molecule has 1 fully saturated rings. The van der Waals surface area contributed by atoms with Crippen molar-refractivity contribution in [1.29, 1.82) is 0 Å². The lowest BCUT2D eigenvalue weighted by Crippen LogP contribution is -2.42. The smallest absolute Gasteiger partial charge is 0.249 e. The van der Waals surface area contributed by atoms with Crippen molar-refractivity contribution < 1.29 is 9.53 Å². The molecule has 2 heterocycles. The Balaban J connectivity index is 1.72. The highest BCUT2D eigenvalue weighted by atomic mass is 35.5. The highest BCUT2D eigenvalue weighted by molar-refractivity contribution is 6.32. The van der Waals surface area contributed by atoms with Crippen LogP contribution in [0, 0.1) is 6.92 Å². The molecule has 2 aromatic rings. The topological polar surface area (TPSA) is 54.1 Å². The maximum absolute atomic E-state index is 11.7. The number of carbonyl (C=O) groups is 1. The number of aryl methyl sites for hydroxylation is 1. The van der Waals surface area contributed by atoms with E-state index in [1.54, 1.807) is 0 Å². The van der Waals surface area contributed by atoms with Crippen molar-refractivity contribution in [3.05, 3.63) is 34.5 Å². The Kier molecular flexibility index (Phi) is 3.21. The van der Waals surface area contributed by atoms with Crippen LogP contribution >= 0.6 is 11.6 Å². The summed E-state index contributed by atoms with van der Waals surface area (Å²) in [6.45, 7) is 3.13. The molecule has 0 radical (unpaired) electrons. The van der Waals surface area contributed by atoms with Gasteiger partial charge in [0.15, 0.2) is 0 Å². The second kappa shape index (κ2) is 4.87. The number of hydrogen-bond donors (Lipinski definition) is 2. The van der Waals surface area contributed by atoms with E-state index in [0.717, 1.165) is 33.6 Å². The molecule has 100 valence electrons. The molecule has 0 bridgehead atoms. The van der Waals surface area contributed by atoms with Crippen LogP contribution in [0.2, 0.25) is 5.02 Å². The molecule has 1 unspecified atom stereocenters. The van der Waals surface area contributed by atoms with Gasteiger partial charge in [-0.1, -0.05) is 11.6 Å². The summed E-state index contributed by atoms with van der Waals surface area (Å²) in [5.74, 6) is -0.0425. The molecule has 0 aliphatic carbocycles. The highest BCUT2D eigenvalue weighted by Gasteiger charge is 2.25. The number of aromatic nitrogens is 1. The predicted molar refractivity (Wildman–Crippen MR) is 74.2 cm³/mol. The molecular formula is C14H15ClN2O2. The Bertz CT molecular complexity index is 593. The number of halogens is 1. The van der Waals surface area contributed by atoms with E-state index in [1.807, 2.05) is 25.1 Å². The van der Waals surface area contributed by atoms with Crippen LogP contribution in [0.4, 0.5) is 0 Å². The average Bonchev–Trinajstić information content (AvgIpc) is 2.67. The summed E-state index contributed by atoms with van der Waals surface area (Å²) in [5.41, 5.74) is 3.03. The zero-order valence-corrected chi connectivity index (χ0v) is 11.4. The number of ether oxygens (including phenoxy) is 1. The van der Waals surface area contributed by atoms with Crippen molar-refractivity contribution in [3.8, 4) is 0 Å². The Labute approximate surface area is 116 Å². The molecule has 0 saturated carbocycles. The van der Waals surface area contributed by atoms with Crippen LogP contribution in [0.25, 0.3) is 10.9 Å². The van der Waals surface area contributed by atoms with Crippen LogP contribution < -0.4 is 5.32 Å². The van der Waals surface area contributed by atoms with Crippen molar-refractivity contribution in [2.45, 2.75) is 26.0 Å². The van der Waals surface area contributed by atoms with Gasteiger partial charge < -0.3 is 15.0 Å².